The molecule has 1 aromatic heterocycles. The van der Waals surface area contributed by atoms with Gasteiger partial charge in [0.2, 0.25) is 16.9 Å². The van der Waals surface area contributed by atoms with Crippen molar-refractivity contribution in [3.05, 3.63) is 18.2 Å². The van der Waals surface area contributed by atoms with E-state index in [9.17, 15) is 24.0 Å². The van der Waals surface area contributed by atoms with Crippen LogP contribution in [0.2, 0.25) is 0 Å². The molecule has 0 spiro atoms. The summed E-state index contributed by atoms with van der Waals surface area (Å²) in [6.07, 6.45) is 3.81. The standard InChI is InChI=1S/C20H33N7O7S/c1-27-11-23-8-12(27)7-14(24-6-2-5-21)20(34)35-10-15(18(31)25-9-17(29)30)26-16(28)4-3-13(22)19(32)33/h8,11,13-15,24H,2-7,9-10,21-22H2,1H3,(H,25,31)(H,26,28)(H,29,30)(H,32,33)/t13?,14-,15?/m0/s1. The summed E-state index contributed by atoms with van der Waals surface area (Å²) in [6, 6.07) is -3.09. The van der Waals surface area contributed by atoms with Gasteiger partial charge in [0, 0.05) is 37.5 Å². The van der Waals surface area contributed by atoms with Gasteiger partial charge in [-0.1, -0.05) is 11.8 Å². The summed E-state index contributed by atoms with van der Waals surface area (Å²) in [7, 11) is 1.80. The first-order valence-electron chi connectivity index (χ1n) is 10.9. The molecule has 1 aromatic rings. The lowest BCUT2D eigenvalue weighted by molar-refractivity contribution is -0.139. The highest BCUT2D eigenvalue weighted by molar-refractivity contribution is 8.13. The summed E-state index contributed by atoms with van der Waals surface area (Å²) in [5.41, 5.74) is 11.7. The fourth-order valence-corrected chi connectivity index (χ4v) is 3.75. The predicted molar refractivity (Wildman–Crippen MR) is 127 cm³/mol. The van der Waals surface area contributed by atoms with Crippen LogP contribution in [0.15, 0.2) is 12.5 Å². The van der Waals surface area contributed by atoms with Crippen LogP contribution in [0.4, 0.5) is 0 Å². The molecule has 1 rings (SSSR count). The molecule has 3 atom stereocenters. The monoisotopic (exact) mass is 515 g/mol. The topological polar surface area (TPSA) is 232 Å². The van der Waals surface area contributed by atoms with E-state index in [-0.39, 0.29) is 23.7 Å². The molecule has 15 heteroatoms. The van der Waals surface area contributed by atoms with Gasteiger partial charge in [-0.3, -0.25) is 24.0 Å². The molecule has 0 aromatic carbocycles. The zero-order valence-corrected chi connectivity index (χ0v) is 20.3. The third kappa shape index (κ3) is 11.8. The van der Waals surface area contributed by atoms with Crippen molar-refractivity contribution in [3.8, 4) is 0 Å². The lowest BCUT2D eigenvalue weighted by Crippen LogP contribution is -2.50. The molecule has 2 amide bonds. The number of nitrogens with zero attached hydrogens (tertiary/aromatic N) is 2. The van der Waals surface area contributed by atoms with E-state index in [4.69, 9.17) is 21.7 Å². The molecule has 0 aliphatic rings. The minimum Gasteiger partial charge on any atom is -0.480 e. The number of thioether (sulfide) groups is 1. The van der Waals surface area contributed by atoms with Gasteiger partial charge in [-0.05, 0) is 25.9 Å². The highest BCUT2D eigenvalue weighted by Crippen LogP contribution is 2.13. The summed E-state index contributed by atoms with van der Waals surface area (Å²) in [5, 5.41) is 25.1. The van der Waals surface area contributed by atoms with Crippen LogP contribution in [-0.2, 0) is 37.4 Å². The van der Waals surface area contributed by atoms with Crippen molar-refractivity contribution in [1.29, 1.82) is 0 Å². The van der Waals surface area contributed by atoms with Crippen molar-refractivity contribution < 1.29 is 34.2 Å². The highest BCUT2D eigenvalue weighted by Gasteiger charge is 2.26. The van der Waals surface area contributed by atoms with Crippen LogP contribution in [0.25, 0.3) is 0 Å². The first-order chi connectivity index (χ1) is 16.5. The molecule has 0 saturated heterocycles. The first kappa shape index (κ1) is 30.0. The SMILES string of the molecule is Cn1cncc1C[C@H](NCCCN)C(=O)SCC(NC(=O)CCC(N)C(=O)O)C(=O)NCC(=O)O. The van der Waals surface area contributed by atoms with Gasteiger partial charge < -0.3 is 42.2 Å². The number of carbonyl (C=O) groups excluding carboxylic acids is 3. The maximum atomic E-state index is 13.0. The van der Waals surface area contributed by atoms with Crippen LogP contribution in [-0.4, -0.2) is 92.1 Å². The summed E-state index contributed by atoms with van der Waals surface area (Å²) < 4.78 is 1.78. The minimum absolute atomic E-state index is 0.158. The number of aryl methyl sites for hydroxylation is 1. The van der Waals surface area contributed by atoms with Crippen LogP contribution in [0.3, 0.4) is 0 Å². The Kier molecular flexibility index (Phi) is 13.6. The van der Waals surface area contributed by atoms with Gasteiger partial charge in [-0.25, -0.2) is 4.98 Å². The number of hydrogen-bond donors (Lipinski definition) is 7. The Labute approximate surface area is 206 Å². The number of aromatic nitrogens is 2. The van der Waals surface area contributed by atoms with Crippen LogP contribution < -0.4 is 27.4 Å². The second-order valence-electron chi connectivity index (χ2n) is 7.69. The van der Waals surface area contributed by atoms with Crippen molar-refractivity contribution >= 4 is 40.6 Å². The quantitative estimate of drug-likeness (QED) is 0.106. The zero-order valence-electron chi connectivity index (χ0n) is 19.4. The lowest BCUT2D eigenvalue weighted by Gasteiger charge is -2.20. The summed E-state index contributed by atoms with van der Waals surface area (Å²) in [4.78, 5) is 63.3. The van der Waals surface area contributed by atoms with Crippen LogP contribution in [0.5, 0.6) is 0 Å². The number of carbonyl (C=O) groups is 5. The molecule has 1 heterocycles. The normalized spacial score (nSPS) is 13.5. The fraction of sp³-hybridized carbons (Fsp3) is 0.600. The molecule has 0 radical (unpaired) electrons. The second kappa shape index (κ2) is 15.8. The van der Waals surface area contributed by atoms with Gasteiger partial charge in [-0.2, -0.15) is 0 Å². The molecule has 2 unspecified atom stereocenters. The number of amides is 2. The molecule has 9 N–H and O–H groups in total. The van der Waals surface area contributed by atoms with Gasteiger partial charge in [0.1, 0.15) is 18.6 Å². The van der Waals surface area contributed by atoms with Crippen molar-refractivity contribution in [2.75, 3.05) is 25.4 Å². The van der Waals surface area contributed by atoms with E-state index < -0.39 is 48.4 Å². The largest absolute Gasteiger partial charge is 0.480 e. The zero-order chi connectivity index (χ0) is 26.4. The Morgan fingerprint density at radius 2 is 1.91 bits per heavy atom. The van der Waals surface area contributed by atoms with Gasteiger partial charge >= 0.3 is 11.9 Å². The predicted octanol–water partition coefficient (Wildman–Crippen LogP) is -2.59. The Hall–Kier alpha value is -3.01. The number of aliphatic carboxylic acids is 2. The van der Waals surface area contributed by atoms with E-state index in [0.717, 1.165) is 17.5 Å². The number of nitrogens with two attached hydrogens (primary N) is 2. The molecule has 14 nitrogen and oxygen atoms in total. The number of hydrogen-bond acceptors (Lipinski definition) is 10. The van der Waals surface area contributed by atoms with Crippen molar-refractivity contribution in [2.24, 2.45) is 18.5 Å². The molecule has 0 saturated carbocycles. The van der Waals surface area contributed by atoms with E-state index in [1.165, 1.54) is 0 Å². The molecule has 35 heavy (non-hydrogen) atoms. The average Bonchev–Trinajstić information content (AvgIpc) is 3.21. The number of carboxylic acid groups (broad SMARTS) is 2. The van der Waals surface area contributed by atoms with E-state index in [0.29, 0.717) is 25.9 Å². The summed E-state index contributed by atoms with van der Waals surface area (Å²) in [5.74, 6) is -4.15. The molecular formula is C20H33N7O7S. The third-order valence-corrected chi connectivity index (χ3v) is 5.91. The maximum Gasteiger partial charge on any atom is 0.322 e. The highest BCUT2D eigenvalue weighted by atomic mass is 32.2. The van der Waals surface area contributed by atoms with E-state index in [1.54, 1.807) is 24.1 Å². The van der Waals surface area contributed by atoms with Gasteiger partial charge in [-0.15, -0.1) is 0 Å². The molecule has 0 bridgehead atoms. The summed E-state index contributed by atoms with van der Waals surface area (Å²) in [6.45, 7) is 0.266. The minimum atomic E-state index is -1.28. The van der Waals surface area contributed by atoms with Gasteiger partial charge in [0.05, 0.1) is 12.4 Å². The van der Waals surface area contributed by atoms with Crippen molar-refractivity contribution in [1.82, 2.24) is 25.5 Å². The summed E-state index contributed by atoms with van der Waals surface area (Å²) >= 11 is 0.808. The number of carboxylic acids is 2. The van der Waals surface area contributed by atoms with Crippen LogP contribution >= 0.6 is 11.8 Å². The van der Waals surface area contributed by atoms with E-state index in [2.05, 4.69) is 20.9 Å². The number of imidazole rings is 1. The smallest absolute Gasteiger partial charge is 0.322 e. The van der Waals surface area contributed by atoms with E-state index >= 15 is 0 Å². The lowest BCUT2D eigenvalue weighted by atomic mass is 10.1. The van der Waals surface area contributed by atoms with Crippen LogP contribution in [0.1, 0.15) is 25.0 Å². The Bertz CT molecular complexity index is 880. The third-order valence-electron chi connectivity index (χ3n) is 4.84. The number of nitrogens with one attached hydrogen (secondary N) is 3. The number of rotatable bonds is 17. The molecule has 0 aliphatic heterocycles. The molecular weight excluding hydrogens is 482 g/mol. The maximum absolute atomic E-state index is 13.0. The van der Waals surface area contributed by atoms with Crippen LogP contribution in [0, 0.1) is 0 Å². The van der Waals surface area contributed by atoms with Crippen molar-refractivity contribution in [3.63, 3.8) is 0 Å². The van der Waals surface area contributed by atoms with E-state index in [1.807, 2.05) is 0 Å². The molecule has 196 valence electrons. The molecule has 0 fully saturated rings. The second-order valence-corrected chi connectivity index (χ2v) is 8.72. The van der Waals surface area contributed by atoms with Crippen molar-refractivity contribution in [2.45, 2.75) is 43.8 Å². The van der Waals surface area contributed by atoms with Gasteiger partial charge in [0.25, 0.3) is 0 Å². The first-order valence-corrected chi connectivity index (χ1v) is 11.9. The Morgan fingerprint density at radius 3 is 2.49 bits per heavy atom. The van der Waals surface area contributed by atoms with Gasteiger partial charge in [0.15, 0.2) is 0 Å². The molecule has 0 aliphatic carbocycles. The Morgan fingerprint density at radius 1 is 1.20 bits per heavy atom. The average molecular weight is 516 g/mol. The Balaban J connectivity index is 2.83. The fourth-order valence-electron chi connectivity index (χ4n) is 2.82.